The predicted molar refractivity (Wildman–Crippen MR) is 91.8 cm³/mol. The van der Waals surface area contributed by atoms with Crippen molar-refractivity contribution in [2.45, 2.75) is 12.8 Å². The third kappa shape index (κ3) is 3.14. The van der Waals surface area contributed by atoms with Crippen molar-refractivity contribution in [3.8, 4) is 5.69 Å². The van der Waals surface area contributed by atoms with Gasteiger partial charge in [-0.05, 0) is 42.9 Å². The second-order valence-corrected chi connectivity index (χ2v) is 7.25. The zero-order chi connectivity index (χ0) is 17.6. The molecule has 1 saturated heterocycles. The number of aliphatic carboxylic acids is 1. The van der Waals surface area contributed by atoms with E-state index in [1.165, 1.54) is 6.20 Å². The van der Waals surface area contributed by atoms with Gasteiger partial charge in [0.15, 0.2) is 0 Å². The van der Waals surface area contributed by atoms with Gasteiger partial charge in [0.2, 0.25) is 0 Å². The summed E-state index contributed by atoms with van der Waals surface area (Å²) in [5, 5.41) is 14.3. The first-order chi connectivity index (χ1) is 12.0. The molecule has 2 aromatic rings. The van der Waals surface area contributed by atoms with Crippen LogP contribution in [-0.4, -0.2) is 44.8 Å². The van der Waals surface area contributed by atoms with Gasteiger partial charge in [0.05, 0.1) is 23.4 Å². The molecular weight excluding hydrogens is 342 g/mol. The number of rotatable bonds is 4. The molecule has 4 rings (SSSR count). The van der Waals surface area contributed by atoms with E-state index in [0.717, 1.165) is 18.5 Å². The molecule has 1 amide bonds. The molecule has 1 aromatic carbocycles. The molecular formula is C18H18ClN3O3. The van der Waals surface area contributed by atoms with Gasteiger partial charge in [-0.3, -0.25) is 9.59 Å². The van der Waals surface area contributed by atoms with E-state index in [1.807, 2.05) is 12.1 Å². The van der Waals surface area contributed by atoms with Crippen LogP contribution in [0, 0.1) is 17.8 Å². The fourth-order valence-corrected chi connectivity index (χ4v) is 3.82. The Balaban J connectivity index is 1.53. The van der Waals surface area contributed by atoms with Crippen molar-refractivity contribution in [2.24, 2.45) is 17.8 Å². The number of aromatic nitrogens is 2. The molecule has 1 aliphatic carbocycles. The molecule has 2 aliphatic rings. The van der Waals surface area contributed by atoms with Crippen LogP contribution in [0.5, 0.6) is 0 Å². The molecule has 130 valence electrons. The highest BCUT2D eigenvalue weighted by Gasteiger charge is 2.47. The van der Waals surface area contributed by atoms with Gasteiger partial charge < -0.3 is 10.0 Å². The molecule has 2 heterocycles. The first-order valence-corrected chi connectivity index (χ1v) is 8.73. The van der Waals surface area contributed by atoms with Crippen LogP contribution in [0.15, 0.2) is 36.7 Å². The SMILES string of the molecule is O=C(O)[C@H]1CN(C(=O)c2cnn(-c3cccc(Cl)c3)c2)C[C@@H]1C1CC1. The van der Waals surface area contributed by atoms with Crippen molar-refractivity contribution in [1.29, 1.82) is 0 Å². The average molecular weight is 360 g/mol. The Morgan fingerprint density at radius 1 is 1.24 bits per heavy atom. The van der Waals surface area contributed by atoms with Gasteiger partial charge in [-0.2, -0.15) is 5.10 Å². The molecule has 0 radical (unpaired) electrons. The topological polar surface area (TPSA) is 75.4 Å². The van der Waals surface area contributed by atoms with E-state index in [2.05, 4.69) is 5.10 Å². The van der Waals surface area contributed by atoms with Gasteiger partial charge in [0, 0.05) is 24.3 Å². The van der Waals surface area contributed by atoms with Crippen LogP contribution in [0.4, 0.5) is 0 Å². The maximum Gasteiger partial charge on any atom is 0.308 e. The fraction of sp³-hybridized carbons (Fsp3) is 0.389. The number of halogens is 1. The van der Waals surface area contributed by atoms with Crippen molar-refractivity contribution < 1.29 is 14.7 Å². The third-order valence-electron chi connectivity index (χ3n) is 5.10. The Hall–Kier alpha value is -2.34. The lowest BCUT2D eigenvalue weighted by Gasteiger charge is -2.15. The number of hydrogen-bond acceptors (Lipinski definition) is 3. The fourth-order valence-electron chi connectivity index (χ4n) is 3.63. The van der Waals surface area contributed by atoms with Crippen molar-refractivity contribution in [2.75, 3.05) is 13.1 Å². The maximum atomic E-state index is 12.8. The minimum absolute atomic E-state index is 0.0735. The van der Waals surface area contributed by atoms with E-state index in [1.54, 1.807) is 27.9 Å². The summed E-state index contributed by atoms with van der Waals surface area (Å²) in [7, 11) is 0. The van der Waals surface area contributed by atoms with Crippen molar-refractivity contribution in [1.82, 2.24) is 14.7 Å². The minimum Gasteiger partial charge on any atom is -0.481 e. The first-order valence-electron chi connectivity index (χ1n) is 8.35. The van der Waals surface area contributed by atoms with Crippen LogP contribution >= 0.6 is 11.6 Å². The highest BCUT2D eigenvalue weighted by atomic mass is 35.5. The summed E-state index contributed by atoms with van der Waals surface area (Å²) in [5.41, 5.74) is 1.23. The predicted octanol–water partition coefficient (Wildman–Crippen LogP) is 2.71. The Kier molecular flexibility index (Phi) is 4.00. The third-order valence-corrected chi connectivity index (χ3v) is 5.33. The van der Waals surface area contributed by atoms with E-state index in [4.69, 9.17) is 11.6 Å². The van der Waals surface area contributed by atoms with Crippen molar-refractivity contribution in [3.05, 3.63) is 47.2 Å². The molecule has 25 heavy (non-hydrogen) atoms. The normalized spacial score (nSPS) is 23.0. The summed E-state index contributed by atoms with van der Waals surface area (Å²) < 4.78 is 1.60. The molecule has 2 fully saturated rings. The zero-order valence-electron chi connectivity index (χ0n) is 13.5. The lowest BCUT2D eigenvalue weighted by molar-refractivity contribution is -0.142. The van der Waals surface area contributed by atoms with Crippen LogP contribution in [0.25, 0.3) is 5.69 Å². The van der Waals surface area contributed by atoms with Crippen LogP contribution in [0.3, 0.4) is 0 Å². The summed E-state index contributed by atoms with van der Waals surface area (Å²) in [4.78, 5) is 25.9. The number of carbonyl (C=O) groups excluding carboxylic acids is 1. The van der Waals surface area contributed by atoms with Gasteiger partial charge in [0.1, 0.15) is 0 Å². The number of likely N-dealkylation sites (tertiary alicyclic amines) is 1. The Morgan fingerprint density at radius 2 is 2.04 bits per heavy atom. The lowest BCUT2D eigenvalue weighted by Crippen LogP contribution is -2.29. The zero-order valence-corrected chi connectivity index (χ0v) is 14.3. The summed E-state index contributed by atoms with van der Waals surface area (Å²) in [5.74, 6) is -0.901. The van der Waals surface area contributed by atoms with Crippen molar-refractivity contribution in [3.63, 3.8) is 0 Å². The first kappa shape index (κ1) is 16.1. The van der Waals surface area contributed by atoms with E-state index in [9.17, 15) is 14.7 Å². The molecule has 1 N–H and O–H groups in total. The number of amides is 1. The number of carbonyl (C=O) groups is 2. The standard InChI is InChI=1S/C18H18ClN3O3/c19-13-2-1-3-14(6-13)22-8-12(7-20-22)17(23)21-9-15(11-4-5-11)16(10-21)18(24)25/h1-3,6-8,11,15-16H,4-5,9-10H2,(H,24,25)/t15-,16+/m1/s1. The van der Waals surface area contributed by atoms with Gasteiger partial charge >= 0.3 is 5.97 Å². The quantitative estimate of drug-likeness (QED) is 0.910. The van der Waals surface area contributed by atoms with Crippen molar-refractivity contribution >= 4 is 23.5 Å². The van der Waals surface area contributed by atoms with Gasteiger partial charge in [0.25, 0.3) is 5.91 Å². The number of hydrogen-bond donors (Lipinski definition) is 1. The Morgan fingerprint density at radius 3 is 2.72 bits per heavy atom. The average Bonchev–Trinajstić information content (AvgIpc) is 3.14. The number of carboxylic acid groups (broad SMARTS) is 1. The second-order valence-electron chi connectivity index (χ2n) is 6.81. The van der Waals surface area contributed by atoms with Gasteiger partial charge in [-0.1, -0.05) is 17.7 Å². The molecule has 7 heteroatoms. The number of carboxylic acids is 1. The smallest absolute Gasteiger partial charge is 0.308 e. The maximum absolute atomic E-state index is 12.8. The summed E-state index contributed by atoms with van der Waals surface area (Å²) >= 11 is 5.99. The summed E-state index contributed by atoms with van der Waals surface area (Å²) in [6.07, 6.45) is 5.32. The number of nitrogens with zero attached hydrogens (tertiary/aromatic N) is 3. The molecule has 2 atom stereocenters. The highest BCUT2D eigenvalue weighted by Crippen LogP contribution is 2.44. The summed E-state index contributed by atoms with van der Waals surface area (Å²) in [6.45, 7) is 0.792. The number of benzene rings is 1. The van der Waals surface area contributed by atoms with Gasteiger partial charge in [-0.25, -0.2) is 4.68 Å². The molecule has 1 aromatic heterocycles. The molecule has 1 saturated carbocycles. The molecule has 6 nitrogen and oxygen atoms in total. The summed E-state index contributed by atoms with van der Waals surface area (Å²) in [6, 6.07) is 7.21. The monoisotopic (exact) mass is 359 g/mol. The van der Waals surface area contributed by atoms with Crippen LogP contribution < -0.4 is 0 Å². The second kappa shape index (κ2) is 6.19. The van der Waals surface area contributed by atoms with E-state index in [0.29, 0.717) is 23.0 Å². The minimum atomic E-state index is -0.804. The Bertz CT molecular complexity index is 830. The Labute approximate surface area is 150 Å². The molecule has 0 unspecified atom stereocenters. The molecule has 0 spiro atoms. The van der Waals surface area contributed by atoms with Crippen LogP contribution in [-0.2, 0) is 4.79 Å². The van der Waals surface area contributed by atoms with Crippen LogP contribution in [0.2, 0.25) is 5.02 Å². The van der Waals surface area contributed by atoms with E-state index >= 15 is 0 Å². The van der Waals surface area contributed by atoms with Gasteiger partial charge in [-0.15, -0.1) is 0 Å². The lowest BCUT2D eigenvalue weighted by atomic mass is 9.92. The molecule has 0 bridgehead atoms. The van der Waals surface area contributed by atoms with E-state index < -0.39 is 11.9 Å². The van der Waals surface area contributed by atoms with E-state index in [-0.39, 0.29) is 18.4 Å². The highest BCUT2D eigenvalue weighted by molar-refractivity contribution is 6.30. The largest absolute Gasteiger partial charge is 0.481 e. The van der Waals surface area contributed by atoms with Crippen LogP contribution in [0.1, 0.15) is 23.2 Å². The molecule has 1 aliphatic heterocycles.